The van der Waals surface area contributed by atoms with E-state index in [0.717, 1.165) is 0 Å². The highest BCUT2D eigenvalue weighted by Crippen LogP contribution is 2.11. The third kappa shape index (κ3) is 15.9. The van der Waals surface area contributed by atoms with Crippen LogP contribution in [-0.2, 0) is 6.42 Å². The smallest absolute Gasteiger partial charge is 0.00218 e. The molecule has 0 saturated carbocycles. The molecular formula is C26H47N. The number of nitrogens with zero attached hydrogens (tertiary/aromatic N) is 1. The van der Waals surface area contributed by atoms with E-state index < -0.39 is 0 Å². The summed E-state index contributed by atoms with van der Waals surface area (Å²) in [5.41, 5.74) is 1.50. The first kappa shape index (κ1) is 24.2. The Hall–Kier alpha value is -0.820. The van der Waals surface area contributed by atoms with Crippen molar-refractivity contribution in [2.24, 2.45) is 0 Å². The first-order valence-electron chi connectivity index (χ1n) is 12.1. The zero-order valence-electron chi connectivity index (χ0n) is 18.6. The molecular weight excluding hydrogens is 326 g/mol. The largest absolute Gasteiger partial charge is 0.306 e. The van der Waals surface area contributed by atoms with Crippen LogP contribution in [0.5, 0.6) is 0 Å². The van der Waals surface area contributed by atoms with E-state index in [1.807, 2.05) is 0 Å². The van der Waals surface area contributed by atoms with Gasteiger partial charge in [-0.15, -0.1) is 0 Å². The van der Waals surface area contributed by atoms with Gasteiger partial charge in [0, 0.05) is 0 Å². The molecule has 0 amide bonds. The van der Waals surface area contributed by atoms with Crippen LogP contribution in [-0.4, -0.2) is 25.0 Å². The number of unbranched alkanes of at least 4 members (excludes halogenated alkanes) is 13. The molecule has 0 heterocycles. The van der Waals surface area contributed by atoms with E-state index in [1.165, 1.54) is 121 Å². The fourth-order valence-electron chi connectivity index (χ4n) is 3.87. The lowest BCUT2D eigenvalue weighted by atomic mass is 10.0. The molecule has 0 fully saturated rings. The second-order valence-electron chi connectivity index (χ2n) is 8.49. The molecule has 0 aliphatic rings. The van der Waals surface area contributed by atoms with Gasteiger partial charge >= 0.3 is 0 Å². The Morgan fingerprint density at radius 3 is 1.52 bits per heavy atom. The molecule has 0 aliphatic carbocycles. The van der Waals surface area contributed by atoms with Gasteiger partial charge in [-0.05, 0) is 51.4 Å². The zero-order valence-corrected chi connectivity index (χ0v) is 18.6. The number of hydrogen-bond donors (Lipinski definition) is 0. The fourth-order valence-corrected chi connectivity index (χ4v) is 3.87. The van der Waals surface area contributed by atoms with Crippen LogP contribution in [0.2, 0.25) is 0 Å². The van der Waals surface area contributed by atoms with E-state index in [-0.39, 0.29) is 0 Å². The van der Waals surface area contributed by atoms with Crippen molar-refractivity contribution in [1.29, 1.82) is 0 Å². The summed E-state index contributed by atoms with van der Waals surface area (Å²) in [6.45, 7) is 4.89. The molecule has 0 unspecified atom stereocenters. The third-order valence-corrected chi connectivity index (χ3v) is 5.74. The predicted octanol–water partition coefficient (Wildman–Crippen LogP) is 8.03. The van der Waals surface area contributed by atoms with Crippen molar-refractivity contribution in [3.8, 4) is 0 Å². The lowest BCUT2D eigenvalue weighted by molar-refractivity contribution is 0.314. The van der Waals surface area contributed by atoms with E-state index in [0.29, 0.717) is 0 Å². The van der Waals surface area contributed by atoms with E-state index in [2.05, 4.69) is 49.2 Å². The summed E-state index contributed by atoms with van der Waals surface area (Å²) in [7, 11) is 2.31. The van der Waals surface area contributed by atoms with Gasteiger partial charge in [0.05, 0.1) is 0 Å². The van der Waals surface area contributed by atoms with Crippen LogP contribution in [0.4, 0.5) is 0 Å². The summed E-state index contributed by atoms with van der Waals surface area (Å²) in [6.07, 6.45) is 22.5. The monoisotopic (exact) mass is 373 g/mol. The summed E-state index contributed by atoms with van der Waals surface area (Å²) < 4.78 is 0. The fraction of sp³-hybridized carbons (Fsp3) is 0.769. The Labute approximate surface area is 170 Å². The minimum absolute atomic E-state index is 1.25. The average Bonchev–Trinajstić information content (AvgIpc) is 2.69. The highest BCUT2D eigenvalue weighted by Gasteiger charge is 1.99. The maximum Gasteiger partial charge on any atom is -0.00218 e. The first-order chi connectivity index (χ1) is 13.3. The van der Waals surface area contributed by atoms with E-state index >= 15 is 0 Å². The molecule has 1 aromatic rings. The molecule has 1 nitrogen and oxygen atoms in total. The summed E-state index contributed by atoms with van der Waals surface area (Å²) in [4.78, 5) is 2.55. The van der Waals surface area contributed by atoms with Gasteiger partial charge < -0.3 is 4.90 Å². The minimum atomic E-state index is 1.25. The van der Waals surface area contributed by atoms with Crippen molar-refractivity contribution in [3.05, 3.63) is 35.9 Å². The van der Waals surface area contributed by atoms with Gasteiger partial charge in [0.15, 0.2) is 0 Å². The molecule has 0 N–H and O–H groups in total. The molecule has 156 valence electrons. The van der Waals surface area contributed by atoms with Crippen LogP contribution in [0, 0.1) is 0 Å². The molecule has 0 saturated heterocycles. The van der Waals surface area contributed by atoms with Crippen LogP contribution in [0.25, 0.3) is 0 Å². The maximum absolute atomic E-state index is 2.55. The van der Waals surface area contributed by atoms with Crippen LogP contribution in [0.15, 0.2) is 30.3 Å². The minimum Gasteiger partial charge on any atom is -0.306 e. The zero-order chi connectivity index (χ0) is 19.4. The molecule has 0 spiro atoms. The molecule has 0 bridgehead atoms. The topological polar surface area (TPSA) is 3.24 Å². The maximum atomic E-state index is 2.55. The summed E-state index contributed by atoms with van der Waals surface area (Å²) in [6, 6.07) is 10.9. The number of benzene rings is 1. The van der Waals surface area contributed by atoms with Crippen molar-refractivity contribution >= 4 is 0 Å². The van der Waals surface area contributed by atoms with E-state index in [1.54, 1.807) is 0 Å². The molecule has 1 rings (SSSR count). The van der Waals surface area contributed by atoms with Gasteiger partial charge in [-0.25, -0.2) is 0 Å². The standard InChI is InChI=1S/C26H47N/c1-3-4-5-6-7-10-13-19-24-27(2)25-20-14-11-8-9-12-16-21-26-22-17-15-18-23-26/h15,17-18,22-23H,3-14,16,19-21,24-25H2,1-2H3. The number of aryl methyl sites for hydroxylation is 1. The van der Waals surface area contributed by atoms with Gasteiger partial charge in [-0.3, -0.25) is 0 Å². The lowest BCUT2D eigenvalue weighted by Crippen LogP contribution is -2.20. The molecule has 0 aromatic heterocycles. The number of hydrogen-bond acceptors (Lipinski definition) is 1. The van der Waals surface area contributed by atoms with Crippen molar-refractivity contribution in [3.63, 3.8) is 0 Å². The quantitative estimate of drug-likeness (QED) is 0.222. The van der Waals surface area contributed by atoms with Crippen molar-refractivity contribution < 1.29 is 0 Å². The van der Waals surface area contributed by atoms with Crippen LogP contribution in [0.3, 0.4) is 0 Å². The van der Waals surface area contributed by atoms with Crippen LogP contribution < -0.4 is 0 Å². The Kier molecular flexibility index (Phi) is 16.6. The SMILES string of the molecule is CCCCCCCCCCN(C)CCCCCCCCCc1ccccc1. The van der Waals surface area contributed by atoms with Crippen molar-refractivity contribution in [2.75, 3.05) is 20.1 Å². The molecule has 0 atom stereocenters. The highest BCUT2D eigenvalue weighted by atomic mass is 15.1. The van der Waals surface area contributed by atoms with Gasteiger partial charge in [0.2, 0.25) is 0 Å². The third-order valence-electron chi connectivity index (χ3n) is 5.74. The molecule has 1 aromatic carbocycles. The highest BCUT2D eigenvalue weighted by molar-refractivity contribution is 5.14. The lowest BCUT2D eigenvalue weighted by Gasteiger charge is -2.16. The summed E-state index contributed by atoms with van der Waals surface area (Å²) in [5.74, 6) is 0. The molecule has 0 aliphatic heterocycles. The van der Waals surface area contributed by atoms with Crippen molar-refractivity contribution in [1.82, 2.24) is 4.90 Å². The van der Waals surface area contributed by atoms with Crippen LogP contribution in [0.1, 0.15) is 109 Å². The van der Waals surface area contributed by atoms with E-state index in [4.69, 9.17) is 0 Å². The second-order valence-corrected chi connectivity index (χ2v) is 8.49. The summed E-state index contributed by atoms with van der Waals surface area (Å²) in [5, 5.41) is 0. The Morgan fingerprint density at radius 2 is 1.00 bits per heavy atom. The Balaban J connectivity index is 1.77. The Morgan fingerprint density at radius 1 is 0.556 bits per heavy atom. The normalized spacial score (nSPS) is 11.4. The predicted molar refractivity (Wildman–Crippen MR) is 123 cm³/mol. The Bertz CT molecular complexity index is 400. The summed E-state index contributed by atoms with van der Waals surface area (Å²) >= 11 is 0. The van der Waals surface area contributed by atoms with Gasteiger partial charge in [0.25, 0.3) is 0 Å². The average molecular weight is 374 g/mol. The van der Waals surface area contributed by atoms with E-state index in [9.17, 15) is 0 Å². The first-order valence-corrected chi connectivity index (χ1v) is 12.1. The molecule has 0 radical (unpaired) electrons. The van der Waals surface area contributed by atoms with Gasteiger partial charge in [-0.2, -0.15) is 0 Å². The van der Waals surface area contributed by atoms with Crippen molar-refractivity contribution in [2.45, 2.75) is 110 Å². The molecule has 1 heteroatoms. The number of rotatable bonds is 19. The molecule has 27 heavy (non-hydrogen) atoms. The van der Waals surface area contributed by atoms with Gasteiger partial charge in [-0.1, -0.05) is 114 Å². The van der Waals surface area contributed by atoms with Crippen LogP contribution >= 0.6 is 0 Å². The van der Waals surface area contributed by atoms with Gasteiger partial charge in [0.1, 0.15) is 0 Å². The second kappa shape index (κ2) is 18.5.